The minimum Gasteiger partial charge on any atom is -0.476 e. The second kappa shape index (κ2) is 7.90. The molecule has 0 saturated carbocycles. The Morgan fingerprint density at radius 1 is 1.16 bits per heavy atom. The number of amides is 1. The van der Waals surface area contributed by atoms with Crippen LogP contribution in [0, 0.1) is 0 Å². The number of carbonyl (C=O) groups is 1. The SMILES string of the molecule is COc1nn(-c2cccc(NC(C)=O)c2)c(=O)n(Cc2ccc3c(cnn3C)c2)c1=O. The fourth-order valence-corrected chi connectivity index (χ4v) is 3.34. The van der Waals surface area contributed by atoms with E-state index in [0.717, 1.165) is 25.7 Å². The van der Waals surface area contributed by atoms with Crippen molar-refractivity contribution in [2.75, 3.05) is 12.4 Å². The van der Waals surface area contributed by atoms with Gasteiger partial charge in [0.2, 0.25) is 5.91 Å². The minimum absolute atomic E-state index is 0.0345. The molecule has 0 atom stereocenters. The number of aryl methyl sites for hydroxylation is 1. The first-order valence-corrected chi connectivity index (χ1v) is 9.44. The molecular weight excluding hydrogens is 400 g/mol. The van der Waals surface area contributed by atoms with Gasteiger partial charge in [-0.2, -0.15) is 9.78 Å². The van der Waals surface area contributed by atoms with Crippen molar-refractivity contribution < 1.29 is 9.53 Å². The molecule has 0 aliphatic heterocycles. The molecule has 0 fully saturated rings. The Labute approximate surface area is 176 Å². The molecule has 0 aliphatic rings. The molecule has 4 rings (SSSR count). The quantitative estimate of drug-likeness (QED) is 0.521. The van der Waals surface area contributed by atoms with Crippen molar-refractivity contribution in [3.63, 3.8) is 0 Å². The molecule has 4 aromatic rings. The van der Waals surface area contributed by atoms with E-state index < -0.39 is 11.2 Å². The lowest BCUT2D eigenvalue weighted by atomic mass is 10.1. The van der Waals surface area contributed by atoms with Gasteiger partial charge >= 0.3 is 11.2 Å². The van der Waals surface area contributed by atoms with E-state index in [1.807, 2.05) is 25.2 Å². The normalized spacial score (nSPS) is 10.9. The van der Waals surface area contributed by atoms with Crippen LogP contribution in [0.5, 0.6) is 5.88 Å². The molecule has 0 spiro atoms. The number of rotatable bonds is 5. The van der Waals surface area contributed by atoms with Gasteiger partial charge in [-0.3, -0.25) is 14.3 Å². The highest BCUT2D eigenvalue weighted by Gasteiger charge is 2.16. The van der Waals surface area contributed by atoms with E-state index in [-0.39, 0.29) is 18.3 Å². The topological polar surface area (TPSA) is 113 Å². The Bertz CT molecular complexity index is 1420. The Morgan fingerprint density at radius 3 is 2.71 bits per heavy atom. The van der Waals surface area contributed by atoms with Gasteiger partial charge in [0, 0.05) is 25.0 Å². The molecule has 0 aliphatic carbocycles. The van der Waals surface area contributed by atoms with Crippen LogP contribution in [-0.2, 0) is 18.4 Å². The molecule has 2 aromatic heterocycles. The lowest BCUT2D eigenvalue weighted by molar-refractivity contribution is -0.114. The van der Waals surface area contributed by atoms with Crippen molar-refractivity contribution in [3.05, 3.63) is 75.1 Å². The number of hydrogen-bond donors (Lipinski definition) is 1. The van der Waals surface area contributed by atoms with Gasteiger partial charge in [0.05, 0.1) is 31.1 Å². The number of benzene rings is 2. The van der Waals surface area contributed by atoms with E-state index >= 15 is 0 Å². The number of nitrogens with zero attached hydrogens (tertiary/aromatic N) is 5. The zero-order valence-electron chi connectivity index (χ0n) is 17.2. The van der Waals surface area contributed by atoms with Crippen molar-refractivity contribution in [1.82, 2.24) is 24.1 Å². The summed E-state index contributed by atoms with van der Waals surface area (Å²) in [4.78, 5) is 37.3. The lowest BCUT2D eigenvalue weighted by Crippen LogP contribution is -2.41. The van der Waals surface area contributed by atoms with Crippen LogP contribution in [0.3, 0.4) is 0 Å². The second-order valence-electron chi connectivity index (χ2n) is 6.99. The average molecular weight is 420 g/mol. The van der Waals surface area contributed by atoms with E-state index in [9.17, 15) is 14.4 Å². The minimum atomic E-state index is -0.631. The third-order valence-electron chi connectivity index (χ3n) is 4.79. The van der Waals surface area contributed by atoms with E-state index in [4.69, 9.17) is 4.74 Å². The van der Waals surface area contributed by atoms with Crippen LogP contribution in [0.2, 0.25) is 0 Å². The molecule has 1 N–H and O–H groups in total. The third kappa shape index (κ3) is 3.82. The van der Waals surface area contributed by atoms with Crippen LogP contribution in [0.25, 0.3) is 16.6 Å². The Balaban J connectivity index is 1.82. The standard InChI is InChI=1S/C21H20N6O4/c1-13(28)23-16-5-4-6-17(10-16)27-21(30)26(20(29)19(24-27)31-3)12-14-7-8-18-15(9-14)11-22-25(18)2/h4-11H,12H2,1-3H3,(H,23,28). The lowest BCUT2D eigenvalue weighted by Gasteiger charge is -2.12. The van der Waals surface area contributed by atoms with Gasteiger partial charge in [-0.05, 0) is 35.9 Å². The molecule has 0 bridgehead atoms. The molecule has 0 saturated heterocycles. The molecule has 31 heavy (non-hydrogen) atoms. The second-order valence-corrected chi connectivity index (χ2v) is 6.99. The van der Waals surface area contributed by atoms with Crippen LogP contribution in [0.1, 0.15) is 12.5 Å². The largest absolute Gasteiger partial charge is 0.476 e. The molecule has 10 nitrogen and oxygen atoms in total. The molecular formula is C21H20N6O4. The number of methoxy groups -OCH3 is 1. The number of ether oxygens (including phenoxy) is 1. The fourth-order valence-electron chi connectivity index (χ4n) is 3.34. The number of carbonyl (C=O) groups excluding carboxylic acids is 1. The molecule has 10 heteroatoms. The number of hydrogen-bond acceptors (Lipinski definition) is 6. The fraction of sp³-hybridized carbons (Fsp3) is 0.190. The summed E-state index contributed by atoms with van der Waals surface area (Å²) in [6, 6.07) is 12.2. The Hall–Kier alpha value is -4.21. The summed E-state index contributed by atoms with van der Waals surface area (Å²) in [7, 11) is 3.16. The smallest absolute Gasteiger partial charge is 0.352 e. The van der Waals surface area contributed by atoms with Gasteiger partial charge in [-0.15, -0.1) is 5.10 Å². The first-order chi connectivity index (χ1) is 14.9. The van der Waals surface area contributed by atoms with Gasteiger partial charge in [-0.1, -0.05) is 12.1 Å². The summed E-state index contributed by atoms with van der Waals surface area (Å²) >= 11 is 0. The van der Waals surface area contributed by atoms with Crippen LogP contribution in [0.15, 0.2) is 58.3 Å². The van der Waals surface area contributed by atoms with Crippen molar-refractivity contribution in [2.45, 2.75) is 13.5 Å². The van der Waals surface area contributed by atoms with E-state index in [2.05, 4.69) is 15.5 Å². The van der Waals surface area contributed by atoms with Crippen molar-refractivity contribution in [3.8, 4) is 11.6 Å². The van der Waals surface area contributed by atoms with Gasteiger partial charge in [-0.25, -0.2) is 9.36 Å². The maximum atomic E-state index is 13.2. The molecule has 1 amide bonds. The van der Waals surface area contributed by atoms with Crippen molar-refractivity contribution >= 4 is 22.5 Å². The van der Waals surface area contributed by atoms with Gasteiger partial charge in [0.25, 0.3) is 5.88 Å². The van der Waals surface area contributed by atoms with E-state index in [1.165, 1.54) is 14.0 Å². The predicted molar refractivity (Wildman–Crippen MR) is 115 cm³/mol. The van der Waals surface area contributed by atoms with Gasteiger partial charge < -0.3 is 10.1 Å². The van der Waals surface area contributed by atoms with Crippen molar-refractivity contribution in [1.29, 1.82) is 0 Å². The first kappa shape index (κ1) is 20.1. The maximum absolute atomic E-state index is 13.2. The molecule has 0 unspecified atom stereocenters. The number of anilines is 1. The van der Waals surface area contributed by atoms with E-state index in [1.54, 1.807) is 35.1 Å². The van der Waals surface area contributed by atoms with E-state index in [0.29, 0.717) is 11.4 Å². The average Bonchev–Trinajstić information content (AvgIpc) is 3.11. The van der Waals surface area contributed by atoms with Crippen LogP contribution in [-0.4, -0.2) is 37.1 Å². The third-order valence-corrected chi connectivity index (χ3v) is 4.79. The highest BCUT2D eigenvalue weighted by molar-refractivity contribution is 5.88. The summed E-state index contributed by atoms with van der Waals surface area (Å²) in [5.74, 6) is -0.460. The zero-order chi connectivity index (χ0) is 22.1. The van der Waals surface area contributed by atoms with Gasteiger partial charge in [0.15, 0.2) is 0 Å². The summed E-state index contributed by atoms with van der Waals surface area (Å²) < 4.78 is 9.01. The Morgan fingerprint density at radius 2 is 1.97 bits per heavy atom. The zero-order valence-corrected chi connectivity index (χ0v) is 17.2. The molecule has 2 heterocycles. The maximum Gasteiger partial charge on any atom is 0.352 e. The highest BCUT2D eigenvalue weighted by atomic mass is 16.5. The Kier molecular flexibility index (Phi) is 5.12. The summed E-state index contributed by atoms with van der Waals surface area (Å²) in [5, 5.41) is 11.8. The van der Waals surface area contributed by atoms with Crippen LogP contribution < -0.4 is 21.3 Å². The number of fused-ring (bicyclic) bond motifs is 1. The van der Waals surface area contributed by atoms with Crippen LogP contribution >= 0.6 is 0 Å². The summed E-state index contributed by atoms with van der Waals surface area (Å²) in [5.41, 5.74) is 1.32. The summed E-state index contributed by atoms with van der Waals surface area (Å²) in [6.45, 7) is 1.42. The monoisotopic (exact) mass is 420 g/mol. The summed E-state index contributed by atoms with van der Waals surface area (Å²) in [6.07, 6.45) is 1.72. The molecule has 2 aromatic carbocycles. The number of aromatic nitrogens is 5. The van der Waals surface area contributed by atoms with Crippen LogP contribution in [0.4, 0.5) is 5.69 Å². The number of nitrogens with one attached hydrogen (secondary N) is 1. The molecule has 158 valence electrons. The van der Waals surface area contributed by atoms with Crippen molar-refractivity contribution in [2.24, 2.45) is 7.05 Å². The molecule has 0 radical (unpaired) electrons. The highest BCUT2D eigenvalue weighted by Crippen LogP contribution is 2.16. The predicted octanol–water partition coefficient (Wildman–Crippen LogP) is 1.30. The van der Waals surface area contributed by atoms with Gasteiger partial charge in [0.1, 0.15) is 0 Å². The first-order valence-electron chi connectivity index (χ1n) is 9.44.